The highest BCUT2D eigenvalue weighted by Crippen LogP contribution is 2.33. The number of hydrogen-bond acceptors (Lipinski definition) is 2. The second-order valence-electron chi connectivity index (χ2n) is 11.2. The van der Waals surface area contributed by atoms with Crippen LogP contribution in [0.25, 0.3) is 11.6 Å². The largest absolute Gasteiger partial charge is 0.295 e. The summed E-state index contributed by atoms with van der Waals surface area (Å²) < 4.78 is 39.2. The predicted molar refractivity (Wildman–Crippen MR) is 169 cm³/mol. The molecule has 5 nitrogen and oxygen atoms in total. The lowest BCUT2D eigenvalue weighted by atomic mass is 9.89. The first kappa shape index (κ1) is 28.7. The average Bonchev–Trinajstić information content (AvgIpc) is 3.05. The molecule has 0 unspecified atom stereocenters. The van der Waals surface area contributed by atoms with Gasteiger partial charge < -0.3 is 0 Å². The predicted octanol–water partition coefficient (Wildman–Crippen LogP) is 7.04. The quantitative estimate of drug-likeness (QED) is 0.120. The van der Waals surface area contributed by atoms with Crippen molar-refractivity contribution in [2.75, 3.05) is 0 Å². The minimum Gasteiger partial charge on any atom is -0.282 e. The third-order valence-electron chi connectivity index (χ3n) is 8.41. The highest BCUT2D eigenvalue weighted by Gasteiger charge is 2.35. The first-order valence-electron chi connectivity index (χ1n) is 14.8. The number of rotatable bonds is 8. The smallest absolute Gasteiger partial charge is 0.282 e. The number of aromatic nitrogens is 2. The average molecular weight is 589 g/mol. The van der Waals surface area contributed by atoms with Crippen molar-refractivity contribution in [3.63, 3.8) is 0 Å². The summed E-state index contributed by atoms with van der Waals surface area (Å²) in [4.78, 5) is -0.0994. The SMILES string of the molecule is O=S(=O)(O)c1ccccc1/C=C(\c1ccccc1)c1cccc[n+]1C1CCC([n+]2ccccc2Cc2ccccc2)CC1. The van der Waals surface area contributed by atoms with E-state index in [9.17, 15) is 13.0 Å². The fourth-order valence-electron chi connectivity index (χ4n) is 6.33. The zero-order valence-electron chi connectivity index (χ0n) is 24.0. The molecule has 3 aromatic carbocycles. The van der Waals surface area contributed by atoms with Gasteiger partial charge in [-0.3, -0.25) is 4.55 Å². The molecule has 0 radical (unpaired) electrons. The second-order valence-corrected chi connectivity index (χ2v) is 12.5. The Morgan fingerprint density at radius 2 is 1.23 bits per heavy atom. The molecule has 1 aliphatic carbocycles. The molecule has 5 aromatic rings. The fourth-order valence-corrected chi connectivity index (χ4v) is 7.01. The number of hydrogen-bond donors (Lipinski definition) is 1. The standard InChI is InChI=1S/C37H35N2O3S/c40-43(41,42)37-20-8-7-17-31(37)28-35(30-15-5-2-6-16-30)36-19-10-12-26-39(36)33-23-21-32(22-24-33)38-25-11-9-18-34(38)27-29-13-3-1-4-14-29/h1-20,25-26,28,32-33H,21-24,27H2/q+1/p+1/b35-28+. The molecular weight excluding hydrogens is 552 g/mol. The lowest BCUT2D eigenvalue weighted by Gasteiger charge is -2.24. The molecule has 1 saturated carbocycles. The highest BCUT2D eigenvalue weighted by molar-refractivity contribution is 7.85. The summed E-state index contributed by atoms with van der Waals surface area (Å²) in [5.41, 5.74) is 6.00. The molecule has 2 aromatic heterocycles. The lowest BCUT2D eigenvalue weighted by molar-refractivity contribution is -0.753. The van der Waals surface area contributed by atoms with Crippen LogP contribution in [0.2, 0.25) is 0 Å². The summed E-state index contributed by atoms with van der Waals surface area (Å²) in [6, 6.07) is 40.7. The molecule has 0 amide bonds. The molecule has 43 heavy (non-hydrogen) atoms. The highest BCUT2D eigenvalue weighted by atomic mass is 32.2. The van der Waals surface area contributed by atoms with Crippen LogP contribution in [0.1, 0.15) is 65.8 Å². The summed E-state index contributed by atoms with van der Waals surface area (Å²) in [5.74, 6) is 0. The van der Waals surface area contributed by atoms with E-state index in [2.05, 4.69) is 82.2 Å². The van der Waals surface area contributed by atoms with Gasteiger partial charge in [-0.1, -0.05) is 84.9 Å². The van der Waals surface area contributed by atoms with Crippen molar-refractivity contribution in [2.45, 2.75) is 49.1 Å². The monoisotopic (exact) mass is 588 g/mol. The van der Waals surface area contributed by atoms with Crippen LogP contribution in [-0.2, 0) is 16.5 Å². The summed E-state index contributed by atoms with van der Waals surface area (Å²) >= 11 is 0. The van der Waals surface area contributed by atoms with Gasteiger partial charge in [0.15, 0.2) is 30.2 Å². The fraction of sp³-hybridized carbons (Fsp3) is 0.189. The molecule has 2 heterocycles. The van der Waals surface area contributed by atoms with Crippen LogP contribution in [0.3, 0.4) is 0 Å². The Morgan fingerprint density at radius 1 is 0.674 bits per heavy atom. The van der Waals surface area contributed by atoms with E-state index < -0.39 is 10.1 Å². The van der Waals surface area contributed by atoms with E-state index in [4.69, 9.17) is 0 Å². The molecule has 1 fully saturated rings. The van der Waals surface area contributed by atoms with E-state index in [0.29, 0.717) is 17.6 Å². The van der Waals surface area contributed by atoms with Crippen molar-refractivity contribution in [2.24, 2.45) is 0 Å². The van der Waals surface area contributed by atoms with Crippen molar-refractivity contribution >= 4 is 21.8 Å². The molecule has 216 valence electrons. The molecule has 0 atom stereocenters. The van der Waals surface area contributed by atoms with Gasteiger partial charge in [0, 0.05) is 49.9 Å². The van der Waals surface area contributed by atoms with Crippen LogP contribution in [0, 0.1) is 0 Å². The summed E-state index contributed by atoms with van der Waals surface area (Å²) in [6.07, 6.45) is 11.4. The molecule has 0 aliphatic heterocycles. The van der Waals surface area contributed by atoms with Crippen LogP contribution in [0.5, 0.6) is 0 Å². The number of benzene rings is 3. The van der Waals surface area contributed by atoms with E-state index in [-0.39, 0.29) is 4.90 Å². The summed E-state index contributed by atoms with van der Waals surface area (Å²) in [7, 11) is -4.38. The van der Waals surface area contributed by atoms with Gasteiger partial charge in [-0.05, 0) is 34.9 Å². The van der Waals surface area contributed by atoms with E-state index >= 15 is 0 Å². The maximum atomic E-state index is 12.2. The van der Waals surface area contributed by atoms with Gasteiger partial charge in [-0.25, -0.2) is 0 Å². The maximum Gasteiger partial charge on any atom is 0.295 e. The second kappa shape index (κ2) is 12.9. The lowest BCUT2D eigenvalue weighted by Crippen LogP contribution is -2.49. The molecule has 0 bridgehead atoms. The molecule has 0 saturated heterocycles. The van der Waals surface area contributed by atoms with Gasteiger partial charge in [-0.2, -0.15) is 17.6 Å². The third kappa shape index (κ3) is 6.66. The van der Waals surface area contributed by atoms with Crippen LogP contribution >= 0.6 is 0 Å². The maximum absolute atomic E-state index is 12.2. The Balaban J connectivity index is 1.32. The van der Waals surface area contributed by atoms with Crippen LogP contribution in [0.4, 0.5) is 0 Å². The van der Waals surface area contributed by atoms with Crippen molar-refractivity contribution in [1.29, 1.82) is 0 Å². The van der Waals surface area contributed by atoms with E-state index in [1.807, 2.05) is 42.5 Å². The van der Waals surface area contributed by atoms with Gasteiger partial charge in [0.25, 0.3) is 10.1 Å². The van der Waals surface area contributed by atoms with Crippen molar-refractivity contribution in [1.82, 2.24) is 0 Å². The molecule has 0 spiro atoms. The minimum absolute atomic E-state index is 0.0994. The first-order valence-corrected chi connectivity index (χ1v) is 16.3. The van der Waals surface area contributed by atoms with Gasteiger partial charge in [0.1, 0.15) is 4.90 Å². The van der Waals surface area contributed by atoms with Crippen molar-refractivity contribution < 1.29 is 22.1 Å². The Bertz CT molecular complexity index is 1830. The minimum atomic E-state index is -4.38. The topological polar surface area (TPSA) is 62.1 Å². The zero-order valence-corrected chi connectivity index (χ0v) is 24.9. The van der Waals surface area contributed by atoms with E-state index in [1.165, 1.54) is 17.3 Å². The number of pyridine rings is 2. The Hall–Kier alpha value is -4.39. The normalized spacial score (nSPS) is 17.5. The van der Waals surface area contributed by atoms with E-state index in [0.717, 1.165) is 48.9 Å². The van der Waals surface area contributed by atoms with Gasteiger partial charge in [0.2, 0.25) is 5.69 Å². The van der Waals surface area contributed by atoms with Crippen molar-refractivity contribution in [3.05, 3.63) is 162 Å². The first-order chi connectivity index (χ1) is 21.0. The van der Waals surface area contributed by atoms with Crippen LogP contribution in [-0.4, -0.2) is 13.0 Å². The van der Waals surface area contributed by atoms with E-state index in [1.54, 1.807) is 18.2 Å². The molecule has 1 N–H and O–H groups in total. The Labute approximate surface area is 254 Å². The van der Waals surface area contributed by atoms with Crippen LogP contribution in [0.15, 0.2) is 139 Å². The summed E-state index contributed by atoms with van der Waals surface area (Å²) in [5, 5.41) is 0. The summed E-state index contributed by atoms with van der Waals surface area (Å²) in [6.45, 7) is 0. The van der Waals surface area contributed by atoms with Crippen molar-refractivity contribution in [3.8, 4) is 0 Å². The Morgan fingerprint density at radius 3 is 1.93 bits per heavy atom. The molecule has 1 aliphatic rings. The molecule has 6 heteroatoms. The molecular formula is C37H36N2O3S+2. The van der Waals surface area contributed by atoms with Gasteiger partial charge >= 0.3 is 0 Å². The molecule has 6 rings (SSSR count). The van der Waals surface area contributed by atoms with Gasteiger partial charge in [-0.15, -0.1) is 0 Å². The third-order valence-corrected chi connectivity index (χ3v) is 9.33. The van der Waals surface area contributed by atoms with Crippen LogP contribution < -0.4 is 9.13 Å². The zero-order chi connectivity index (χ0) is 29.6. The van der Waals surface area contributed by atoms with Gasteiger partial charge in [0.05, 0.1) is 12.0 Å². The Kier molecular flexibility index (Phi) is 8.59. The number of nitrogens with zero attached hydrogens (tertiary/aromatic N) is 2.